The molecule has 0 N–H and O–H groups in total. The Bertz CT molecular complexity index is 870. The molecule has 0 atom stereocenters. The zero-order valence-corrected chi connectivity index (χ0v) is 16.2. The van der Waals surface area contributed by atoms with Gasteiger partial charge in [-0.25, -0.2) is 18.4 Å². The molecule has 8 heteroatoms. The van der Waals surface area contributed by atoms with Crippen molar-refractivity contribution in [2.75, 3.05) is 36.8 Å². The van der Waals surface area contributed by atoms with Gasteiger partial charge in [-0.05, 0) is 37.7 Å². The molecule has 0 spiro atoms. The van der Waals surface area contributed by atoms with Gasteiger partial charge in [0.15, 0.2) is 0 Å². The lowest BCUT2D eigenvalue weighted by Gasteiger charge is -2.35. The van der Waals surface area contributed by atoms with Crippen LogP contribution in [0, 0.1) is 0 Å². The third kappa shape index (κ3) is 3.15. The molecule has 0 aromatic carbocycles. The summed E-state index contributed by atoms with van der Waals surface area (Å²) in [5, 5.41) is 1.21. The largest absolute Gasteiger partial charge is 0.353 e. The van der Waals surface area contributed by atoms with Gasteiger partial charge in [-0.1, -0.05) is 6.92 Å². The normalized spacial score (nSPS) is 19.3. The third-order valence-electron chi connectivity index (χ3n) is 5.12. The van der Waals surface area contributed by atoms with Gasteiger partial charge in [0.25, 0.3) is 0 Å². The first-order valence-electron chi connectivity index (χ1n) is 9.08. The summed E-state index contributed by atoms with van der Waals surface area (Å²) in [5.74, 6) is 1.24. The van der Waals surface area contributed by atoms with E-state index in [-0.39, 0.29) is 5.75 Å². The molecule has 0 saturated carbocycles. The van der Waals surface area contributed by atoms with Gasteiger partial charge in [0.2, 0.25) is 10.0 Å². The molecule has 0 radical (unpaired) electrons. The number of aromatic nitrogens is 2. The minimum absolute atomic E-state index is 0.239. The van der Waals surface area contributed by atoms with Gasteiger partial charge in [-0.3, -0.25) is 0 Å². The van der Waals surface area contributed by atoms with E-state index in [4.69, 9.17) is 0 Å². The highest BCUT2D eigenvalue weighted by atomic mass is 32.2. The number of piperazine rings is 1. The number of anilines is 1. The van der Waals surface area contributed by atoms with Gasteiger partial charge in [-0.2, -0.15) is 4.31 Å². The maximum absolute atomic E-state index is 12.3. The van der Waals surface area contributed by atoms with Crippen LogP contribution in [0.3, 0.4) is 0 Å². The lowest BCUT2D eigenvalue weighted by Crippen LogP contribution is -2.49. The van der Waals surface area contributed by atoms with Crippen LogP contribution in [0.5, 0.6) is 0 Å². The number of fused-ring (bicyclic) bond motifs is 3. The van der Waals surface area contributed by atoms with E-state index >= 15 is 0 Å². The number of rotatable bonds is 4. The van der Waals surface area contributed by atoms with E-state index < -0.39 is 10.0 Å². The highest BCUT2D eigenvalue weighted by Crippen LogP contribution is 2.39. The van der Waals surface area contributed by atoms with Crippen molar-refractivity contribution < 1.29 is 8.42 Å². The van der Waals surface area contributed by atoms with E-state index in [0.717, 1.165) is 23.5 Å². The summed E-state index contributed by atoms with van der Waals surface area (Å²) in [6.07, 6.45) is 7.07. The summed E-state index contributed by atoms with van der Waals surface area (Å²) in [6.45, 7) is 4.38. The Morgan fingerprint density at radius 3 is 2.64 bits per heavy atom. The van der Waals surface area contributed by atoms with Crippen molar-refractivity contribution in [3.63, 3.8) is 0 Å². The first kappa shape index (κ1) is 17.2. The van der Waals surface area contributed by atoms with Crippen LogP contribution in [-0.2, 0) is 22.9 Å². The number of hydrogen-bond donors (Lipinski definition) is 0. The van der Waals surface area contributed by atoms with Gasteiger partial charge >= 0.3 is 0 Å². The Morgan fingerprint density at radius 2 is 1.88 bits per heavy atom. The molecule has 4 rings (SSSR count). The molecule has 2 aromatic rings. The Balaban J connectivity index is 1.61. The quantitative estimate of drug-likeness (QED) is 0.815. The molecule has 2 aliphatic rings. The fourth-order valence-corrected chi connectivity index (χ4v) is 6.60. The Hall–Kier alpha value is -1.25. The molecule has 0 unspecified atom stereocenters. The van der Waals surface area contributed by atoms with Crippen LogP contribution >= 0.6 is 11.3 Å². The number of thiophene rings is 1. The molecule has 1 aliphatic carbocycles. The van der Waals surface area contributed by atoms with Gasteiger partial charge in [0.1, 0.15) is 17.0 Å². The van der Waals surface area contributed by atoms with Crippen LogP contribution in [0.2, 0.25) is 0 Å². The van der Waals surface area contributed by atoms with Crippen molar-refractivity contribution in [1.82, 2.24) is 14.3 Å². The number of sulfonamides is 1. The van der Waals surface area contributed by atoms with E-state index in [1.165, 1.54) is 28.7 Å². The predicted molar refractivity (Wildman–Crippen MR) is 102 cm³/mol. The summed E-state index contributed by atoms with van der Waals surface area (Å²) < 4.78 is 26.2. The fraction of sp³-hybridized carbons (Fsp3) is 0.647. The summed E-state index contributed by atoms with van der Waals surface area (Å²) in [5.41, 5.74) is 1.43. The molecular weight excluding hydrogens is 356 g/mol. The molecule has 0 amide bonds. The van der Waals surface area contributed by atoms with Crippen LogP contribution in [0.25, 0.3) is 10.2 Å². The molecule has 1 aliphatic heterocycles. The maximum atomic E-state index is 12.3. The van der Waals surface area contributed by atoms with Crippen LogP contribution in [-0.4, -0.2) is 54.6 Å². The second kappa shape index (κ2) is 6.81. The highest BCUT2D eigenvalue weighted by molar-refractivity contribution is 7.89. The van der Waals surface area contributed by atoms with Crippen LogP contribution < -0.4 is 4.90 Å². The number of hydrogen-bond acceptors (Lipinski definition) is 6. The first-order chi connectivity index (χ1) is 12.1. The van der Waals surface area contributed by atoms with E-state index in [0.29, 0.717) is 32.6 Å². The SMILES string of the molecule is CCCS(=O)(=O)N1CCN(c2ncnc3sc4c(c23)CCCC4)CC1. The van der Waals surface area contributed by atoms with E-state index in [2.05, 4.69) is 14.9 Å². The van der Waals surface area contributed by atoms with Crippen molar-refractivity contribution in [3.05, 3.63) is 16.8 Å². The second-order valence-electron chi connectivity index (χ2n) is 6.79. The maximum Gasteiger partial charge on any atom is 0.214 e. The highest BCUT2D eigenvalue weighted by Gasteiger charge is 2.29. The molecular formula is C17H24N4O2S2. The van der Waals surface area contributed by atoms with Crippen molar-refractivity contribution >= 4 is 37.4 Å². The molecule has 25 heavy (non-hydrogen) atoms. The summed E-state index contributed by atoms with van der Waals surface area (Å²) >= 11 is 1.81. The first-order valence-corrected chi connectivity index (χ1v) is 11.5. The molecule has 1 fully saturated rings. The summed E-state index contributed by atoms with van der Waals surface area (Å²) in [6, 6.07) is 0. The van der Waals surface area contributed by atoms with Gasteiger partial charge < -0.3 is 4.90 Å². The zero-order chi connectivity index (χ0) is 17.4. The van der Waals surface area contributed by atoms with Gasteiger partial charge in [0.05, 0.1) is 11.1 Å². The second-order valence-corrected chi connectivity index (χ2v) is 9.96. The van der Waals surface area contributed by atoms with Gasteiger partial charge in [0, 0.05) is 31.1 Å². The predicted octanol–water partition coefficient (Wildman–Crippen LogP) is 2.43. The minimum Gasteiger partial charge on any atom is -0.353 e. The van der Waals surface area contributed by atoms with Crippen molar-refractivity contribution in [1.29, 1.82) is 0 Å². The Morgan fingerprint density at radius 1 is 1.12 bits per heavy atom. The van der Waals surface area contributed by atoms with Crippen molar-refractivity contribution in [2.45, 2.75) is 39.0 Å². The number of aryl methyl sites for hydroxylation is 2. The lowest BCUT2D eigenvalue weighted by molar-refractivity contribution is 0.384. The van der Waals surface area contributed by atoms with Crippen LogP contribution in [0.15, 0.2) is 6.33 Å². The van der Waals surface area contributed by atoms with E-state index in [1.54, 1.807) is 22.0 Å². The fourth-order valence-electron chi connectivity index (χ4n) is 3.88. The lowest BCUT2D eigenvalue weighted by atomic mass is 9.97. The third-order valence-corrected chi connectivity index (χ3v) is 8.40. The molecule has 6 nitrogen and oxygen atoms in total. The molecule has 1 saturated heterocycles. The molecule has 136 valence electrons. The van der Waals surface area contributed by atoms with Crippen LogP contribution in [0.1, 0.15) is 36.6 Å². The van der Waals surface area contributed by atoms with Crippen LogP contribution in [0.4, 0.5) is 5.82 Å². The van der Waals surface area contributed by atoms with E-state index in [1.807, 2.05) is 6.92 Å². The molecule has 0 bridgehead atoms. The minimum atomic E-state index is -3.11. The van der Waals surface area contributed by atoms with E-state index in [9.17, 15) is 8.42 Å². The Kier molecular flexibility index (Phi) is 4.68. The standard InChI is InChI=1S/C17H24N4O2S2/c1-2-11-25(22,23)21-9-7-20(8-10-21)16-15-13-5-3-4-6-14(13)24-17(15)19-12-18-16/h12H,2-11H2,1H3. The van der Waals surface area contributed by atoms with Crippen molar-refractivity contribution in [2.24, 2.45) is 0 Å². The summed E-state index contributed by atoms with van der Waals surface area (Å²) in [7, 11) is -3.11. The zero-order valence-electron chi connectivity index (χ0n) is 14.6. The smallest absolute Gasteiger partial charge is 0.214 e. The average molecular weight is 381 g/mol. The number of nitrogens with zero attached hydrogens (tertiary/aromatic N) is 4. The molecule has 2 aromatic heterocycles. The van der Waals surface area contributed by atoms with Crippen molar-refractivity contribution in [3.8, 4) is 0 Å². The Labute approximate surface area is 152 Å². The molecule has 3 heterocycles. The monoisotopic (exact) mass is 380 g/mol. The summed E-state index contributed by atoms with van der Waals surface area (Å²) in [4.78, 5) is 13.9. The average Bonchev–Trinajstić information content (AvgIpc) is 3.00. The van der Waals surface area contributed by atoms with Gasteiger partial charge in [-0.15, -0.1) is 11.3 Å². The topological polar surface area (TPSA) is 66.4 Å².